The molecule has 0 spiro atoms. The maximum atomic E-state index is 11.8. The number of amides is 2. The Bertz CT molecular complexity index is 502. The van der Waals surface area contributed by atoms with Gasteiger partial charge in [0.15, 0.2) is 0 Å². The van der Waals surface area contributed by atoms with Crippen molar-refractivity contribution < 1.29 is 19.4 Å². The monoisotopic (exact) mass is 280 g/mol. The van der Waals surface area contributed by atoms with E-state index in [9.17, 15) is 9.59 Å². The minimum absolute atomic E-state index is 0.435. The molecule has 6 heteroatoms. The predicted molar refractivity (Wildman–Crippen MR) is 76.1 cm³/mol. The number of hydrogen-bond donors (Lipinski definition) is 3. The molecule has 2 atom stereocenters. The fourth-order valence-corrected chi connectivity index (χ4v) is 1.67. The fourth-order valence-electron chi connectivity index (χ4n) is 1.67. The van der Waals surface area contributed by atoms with Crippen molar-refractivity contribution in [1.82, 2.24) is 5.32 Å². The molecule has 0 fully saturated rings. The van der Waals surface area contributed by atoms with Gasteiger partial charge in [-0.3, -0.25) is 4.79 Å². The van der Waals surface area contributed by atoms with Crippen LogP contribution in [0.3, 0.4) is 0 Å². The van der Waals surface area contributed by atoms with Crippen LogP contribution in [0.2, 0.25) is 0 Å². The second-order valence-corrected chi connectivity index (χ2v) is 4.70. The van der Waals surface area contributed by atoms with Gasteiger partial charge >= 0.3 is 12.0 Å². The number of carboxylic acids is 1. The van der Waals surface area contributed by atoms with Crippen LogP contribution in [0.25, 0.3) is 0 Å². The number of carboxylic acid groups (broad SMARTS) is 1. The summed E-state index contributed by atoms with van der Waals surface area (Å²) in [6.07, 6.45) is 0. The summed E-state index contributed by atoms with van der Waals surface area (Å²) in [5.41, 5.74) is 1.52. The maximum Gasteiger partial charge on any atom is 0.319 e. The SMILES string of the molecule is COc1ccc(NC(=O)NC(C)C(C)C(=O)O)cc1C. The summed E-state index contributed by atoms with van der Waals surface area (Å²) >= 11 is 0. The number of carbonyl (C=O) groups is 2. The van der Waals surface area contributed by atoms with Gasteiger partial charge in [0.1, 0.15) is 5.75 Å². The molecule has 1 aromatic rings. The van der Waals surface area contributed by atoms with Crippen molar-refractivity contribution >= 4 is 17.7 Å². The molecule has 1 aromatic carbocycles. The molecule has 110 valence electrons. The Kier molecular flexibility index (Phi) is 5.37. The smallest absolute Gasteiger partial charge is 0.319 e. The van der Waals surface area contributed by atoms with Crippen LogP contribution >= 0.6 is 0 Å². The van der Waals surface area contributed by atoms with E-state index in [4.69, 9.17) is 9.84 Å². The van der Waals surface area contributed by atoms with E-state index in [0.717, 1.165) is 11.3 Å². The van der Waals surface area contributed by atoms with Crippen molar-refractivity contribution in [3.63, 3.8) is 0 Å². The maximum absolute atomic E-state index is 11.8. The number of urea groups is 1. The molecular weight excluding hydrogens is 260 g/mol. The molecule has 1 rings (SSSR count). The van der Waals surface area contributed by atoms with E-state index in [0.29, 0.717) is 5.69 Å². The molecule has 0 radical (unpaired) electrons. The van der Waals surface area contributed by atoms with Crippen LogP contribution in [0, 0.1) is 12.8 Å². The van der Waals surface area contributed by atoms with Gasteiger partial charge in [-0.1, -0.05) is 0 Å². The topological polar surface area (TPSA) is 87.7 Å². The highest BCUT2D eigenvalue weighted by Crippen LogP contribution is 2.21. The fraction of sp³-hybridized carbons (Fsp3) is 0.429. The lowest BCUT2D eigenvalue weighted by molar-refractivity contribution is -0.141. The first kappa shape index (κ1) is 15.8. The molecule has 20 heavy (non-hydrogen) atoms. The van der Waals surface area contributed by atoms with Crippen molar-refractivity contribution in [2.75, 3.05) is 12.4 Å². The molecule has 0 aliphatic rings. The van der Waals surface area contributed by atoms with Gasteiger partial charge in [-0.25, -0.2) is 4.79 Å². The van der Waals surface area contributed by atoms with Gasteiger partial charge < -0.3 is 20.5 Å². The number of carbonyl (C=O) groups excluding carboxylic acids is 1. The number of benzene rings is 1. The van der Waals surface area contributed by atoms with Gasteiger partial charge in [0.25, 0.3) is 0 Å². The summed E-state index contributed by atoms with van der Waals surface area (Å²) in [6.45, 7) is 5.07. The third-order valence-corrected chi connectivity index (χ3v) is 3.15. The number of hydrogen-bond acceptors (Lipinski definition) is 3. The van der Waals surface area contributed by atoms with Gasteiger partial charge in [-0.2, -0.15) is 0 Å². The lowest BCUT2D eigenvalue weighted by Crippen LogP contribution is -2.42. The zero-order valence-corrected chi connectivity index (χ0v) is 12.1. The zero-order chi connectivity index (χ0) is 15.3. The summed E-state index contributed by atoms with van der Waals surface area (Å²) in [6, 6.07) is 4.36. The lowest BCUT2D eigenvalue weighted by atomic mass is 10.0. The lowest BCUT2D eigenvalue weighted by Gasteiger charge is -2.18. The van der Waals surface area contributed by atoms with Gasteiger partial charge in [0.2, 0.25) is 0 Å². The molecular formula is C14H20N2O4. The third-order valence-electron chi connectivity index (χ3n) is 3.15. The highest BCUT2D eigenvalue weighted by Gasteiger charge is 2.20. The number of aliphatic carboxylic acids is 1. The van der Waals surface area contributed by atoms with E-state index >= 15 is 0 Å². The van der Waals surface area contributed by atoms with Crippen LogP contribution < -0.4 is 15.4 Å². The van der Waals surface area contributed by atoms with E-state index in [1.165, 1.54) is 0 Å². The van der Waals surface area contributed by atoms with E-state index in [1.54, 1.807) is 39.2 Å². The quantitative estimate of drug-likeness (QED) is 0.771. The van der Waals surface area contributed by atoms with Gasteiger partial charge in [0.05, 0.1) is 13.0 Å². The first-order valence-electron chi connectivity index (χ1n) is 6.30. The summed E-state index contributed by atoms with van der Waals surface area (Å²) < 4.78 is 5.13. The molecule has 0 saturated heterocycles. The van der Waals surface area contributed by atoms with Crippen molar-refractivity contribution in [2.45, 2.75) is 26.8 Å². The van der Waals surface area contributed by atoms with E-state index in [-0.39, 0.29) is 0 Å². The van der Waals surface area contributed by atoms with E-state index in [2.05, 4.69) is 10.6 Å². The Morgan fingerprint density at radius 2 is 1.95 bits per heavy atom. The largest absolute Gasteiger partial charge is 0.496 e. The summed E-state index contributed by atoms with van der Waals surface area (Å²) in [4.78, 5) is 22.6. The predicted octanol–water partition coefficient (Wildman–Crippen LogP) is 2.23. The normalized spacial score (nSPS) is 13.2. The number of aryl methyl sites for hydroxylation is 1. The molecule has 0 bridgehead atoms. The number of anilines is 1. The summed E-state index contributed by atoms with van der Waals surface area (Å²) in [5, 5.41) is 14.1. The Labute approximate surface area is 118 Å². The van der Waals surface area contributed by atoms with Crippen LogP contribution in [0.1, 0.15) is 19.4 Å². The van der Waals surface area contributed by atoms with Crippen LogP contribution in [0.5, 0.6) is 5.75 Å². The Balaban J connectivity index is 2.63. The number of ether oxygens (including phenoxy) is 1. The average Bonchev–Trinajstić information content (AvgIpc) is 2.37. The number of methoxy groups -OCH3 is 1. The first-order valence-corrected chi connectivity index (χ1v) is 6.30. The molecule has 0 aromatic heterocycles. The third kappa shape index (κ3) is 4.15. The second kappa shape index (κ2) is 6.79. The first-order chi connectivity index (χ1) is 9.35. The van der Waals surface area contributed by atoms with Gasteiger partial charge in [-0.05, 0) is 44.5 Å². The molecule has 6 nitrogen and oxygen atoms in total. The van der Waals surface area contributed by atoms with Crippen LogP contribution in [0.15, 0.2) is 18.2 Å². The Morgan fingerprint density at radius 1 is 1.30 bits per heavy atom. The number of rotatable bonds is 5. The van der Waals surface area contributed by atoms with E-state index in [1.807, 2.05) is 6.92 Å². The van der Waals surface area contributed by atoms with Crippen molar-refractivity contribution in [1.29, 1.82) is 0 Å². The zero-order valence-electron chi connectivity index (χ0n) is 12.1. The van der Waals surface area contributed by atoms with Crippen molar-refractivity contribution in [3.05, 3.63) is 23.8 Å². The molecule has 0 heterocycles. The molecule has 3 N–H and O–H groups in total. The average molecular weight is 280 g/mol. The van der Waals surface area contributed by atoms with E-state index < -0.39 is 24.0 Å². The van der Waals surface area contributed by atoms with Crippen LogP contribution in [-0.4, -0.2) is 30.3 Å². The molecule has 2 amide bonds. The second-order valence-electron chi connectivity index (χ2n) is 4.70. The minimum Gasteiger partial charge on any atom is -0.496 e. The Morgan fingerprint density at radius 3 is 2.45 bits per heavy atom. The van der Waals surface area contributed by atoms with Crippen LogP contribution in [-0.2, 0) is 4.79 Å². The van der Waals surface area contributed by atoms with Crippen LogP contribution in [0.4, 0.5) is 10.5 Å². The summed E-state index contributed by atoms with van der Waals surface area (Å²) in [5.74, 6) is -0.861. The highest BCUT2D eigenvalue weighted by atomic mass is 16.5. The van der Waals surface area contributed by atoms with Crippen molar-refractivity contribution in [2.24, 2.45) is 5.92 Å². The Hall–Kier alpha value is -2.24. The molecule has 2 unspecified atom stereocenters. The minimum atomic E-state index is -0.946. The van der Waals surface area contributed by atoms with Gasteiger partial charge in [-0.15, -0.1) is 0 Å². The van der Waals surface area contributed by atoms with Gasteiger partial charge in [0, 0.05) is 11.7 Å². The highest BCUT2D eigenvalue weighted by molar-refractivity contribution is 5.90. The molecule has 0 aliphatic carbocycles. The molecule has 0 saturated carbocycles. The number of nitrogens with one attached hydrogen (secondary N) is 2. The molecule has 0 aliphatic heterocycles. The standard InChI is InChI=1S/C14H20N2O4/c1-8-7-11(5-6-12(8)20-4)16-14(19)15-10(3)9(2)13(17)18/h5-7,9-10H,1-4H3,(H,17,18)(H2,15,16,19). The summed E-state index contributed by atoms with van der Waals surface area (Å²) in [7, 11) is 1.58. The van der Waals surface area contributed by atoms with Crippen molar-refractivity contribution in [3.8, 4) is 5.75 Å².